The Hall–Kier alpha value is -0.610. The summed E-state index contributed by atoms with van der Waals surface area (Å²) in [7, 11) is 0. The summed E-state index contributed by atoms with van der Waals surface area (Å²) >= 11 is 0. The van der Waals surface area contributed by atoms with E-state index in [0.29, 0.717) is 13.0 Å². The minimum atomic E-state index is -0.0155. The molecular weight excluding hydrogens is 240 g/mol. The number of nitrogens with one attached hydrogen (secondary N) is 1. The number of ether oxygens (including phenoxy) is 1. The fourth-order valence-electron chi connectivity index (χ4n) is 2.33. The van der Waals surface area contributed by atoms with Crippen LogP contribution in [0.4, 0.5) is 0 Å². The summed E-state index contributed by atoms with van der Waals surface area (Å²) in [6.07, 6.45) is 7.22. The zero-order valence-electron chi connectivity index (χ0n) is 12.5. The quantitative estimate of drug-likeness (QED) is 0.488. The van der Waals surface area contributed by atoms with Crippen LogP contribution in [0.2, 0.25) is 0 Å². The summed E-state index contributed by atoms with van der Waals surface area (Å²) in [4.78, 5) is 13.9. The van der Waals surface area contributed by atoms with Crippen LogP contribution in [0.1, 0.15) is 51.9 Å². The highest BCUT2D eigenvalue weighted by atomic mass is 16.5. The molecule has 1 aliphatic rings. The highest BCUT2D eigenvalue weighted by Gasteiger charge is 2.08. The van der Waals surface area contributed by atoms with Crippen molar-refractivity contribution >= 4 is 5.97 Å². The second-order valence-corrected chi connectivity index (χ2v) is 5.33. The lowest BCUT2D eigenvalue weighted by Gasteiger charge is -2.26. The smallest absolute Gasteiger partial charge is 0.305 e. The summed E-state index contributed by atoms with van der Waals surface area (Å²) in [5, 5.41) is 3.36. The minimum Gasteiger partial charge on any atom is -0.466 e. The molecule has 0 aromatic heterocycles. The van der Waals surface area contributed by atoms with Gasteiger partial charge in [-0.2, -0.15) is 0 Å². The first-order chi connectivity index (χ1) is 9.33. The van der Waals surface area contributed by atoms with E-state index in [0.717, 1.165) is 38.8 Å². The van der Waals surface area contributed by atoms with Crippen molar-refractivity contribution in [2.45, 2.75) is 51.9 Å². The van der Waals surface area contributed by atoms with Crippen molar-refractivity contribution in [1.82, 2.24) is 10.2 Å². The zero-order chi connectivity index (χ0) is 13.8. The van der Waals surface area contributed by atoms with Crippen LogP contribution < -0.4 is 5.32 Å². The molecule has 1 aliphatic heterocycles. The van der Waals surface area contributed by atoms with Crippen LogP contribution in [0.5, 0.6) is 0 Å². The van der Waals surface area contributed by atoms with E-state index in [1.54, 1.807) is 0 Å². The van der Waals surface area contributed by atoms with E-state index in [9.17, 15) is 4.79 Å². The van der Waals surface area contributed by atoms with E-state index in [1.807, 2.05) is 0 Å². The summed E-state index contributed by atoms with van der Waals surface area (Å²) in [5.74, 6) is -0.0155. The van der Waals surface area contributed by atoms with Crippen LogP contribution in [-0.2, 0) is 9.53 Å². The maximum Gasteiger partial charge on any atom is 0.305 e. The van der Waals surface area contributed by atoms with E-state index in [4.69, 9.17) is 4.74 Å². The largest absolute Gasteiger partial charge is 0.466 e. The van der Waals surface area contributed by atoms with Crippen LogP contribution in [-0.4, -0.2) is 50.2 Å². The normalized spacial score (nSPS) is 16.5. The lowest BCUT2D eigenvalue weighted by Crippen LogP contribution is -2.43. The van der Waals surface area contributed by atoms with Gasteiger partial charge in [0, 0.05) is 32.6 Å². The minimum absolute atomic E-state index is 0.0155. The monoisotopic (exact) mass is 270 g/mol. The molecule has 0 saturated carbocycles. The Kier molecular flexibility index (Phi) is 9.72. The summed E-state index contributed by atoms with van der Waals surface area (Å²) in [5.41, 5.74) is 0. The third-order valence-electron chi connectivity index (χ3n) is 3.58. The van der Waals surface area contributed by atoms with Crippen molar-refractivity contribution in [2.75, 3.05) is 39.3 Å². The average molecular weight is 270 g/mol. The van der Waals surface area contributed by atoms with Gasteiger partial charge in [0.2, 0.25) is 0 Å². The van der Waals surface area contributed by atoms with Gasteiger partial charge in [-0.15, -0.1) is 0 Å². The molecule has 0 aromatic rings. The number of hydrogen-bond donors (Lipinski definition) is 1. The average Bonchev–Trinajstić information content (AvgIpc) is 2.44. The van der Waals surface area contributed by atoms with E-state index in [1.165, 1.54) is 32.5 Å². The molecule has 0 spiro atoms. The lowest BCUT2D eigenvalue weighted by atomic mass is 10.2. The molecule has 1 N–H and O–H groups in total. The topological polar surface area (TPSA) is 41.6 Å². The molecule has 0 unspecified atom stereocenters. The van der Waals surface area contributed by atoms with Crippen molar-refractivity contribution in [3.05, 3.63) is 0 Å². The molecule has 0 aliphatic carbocycles. The van der Waals surface area contributed by atoms with Crippen LogP contribution in [0, 0.1) is 0 Å². The van der Waals surface area contributed by atoms with E-state index >= 15 is 0 Å². The van der Waals surface area contributed by atoms with Crippen molar-refractivity contribution in [1.29, 1.82) is 0 Å². The second kappa shape index (κ2) is 11.2. The van der Waals surface area contributed by atoms with Gasteiger partial charge in [-0.3, -0.25) is 4.79 Å². The number of unbranched alkanes of at least 4 members (excludes halogenated alkanes) is 4. The van der Waals surface area contributed by atoms with Crippen molar-refractivity contribution in [2.24, 2.45) is 0 Å². The number of carbonyl (C=O) groups excluding carboxylic acids is 1. The number of piperazine rings is 1. The Labute approximate surface area is 117 Å². The number of rotatable bonds is 10. The highest BCUT2D eigenvalue weighted by molar-refractivity contribution is 5.69. The van der Waals surface area contributed by atoms with Crippen LogP contribution >= 0.6 is 0 Å². The van der Waals surface area contributed by atoms with Gasteiger partial charge in [-0.05, 0) is 25.8 Å². The van der Waals surface area contributed by atoms with Crippen molar-refractivity contribution in [3.8, 4) is 0 Å². The van der Waals surface area contributed by atoms with Gasteiger partial charge in [-0.25, -0.2) is 0 Å². The van der Waals surface area contributed by atoms with Gasteiger partial charge < -0.3 is 15.0 Å². The lowest BCUT2D eigenvalue weighted by molar-refractivity contribution is -0.143. The van der Waals surface area contributed by atoms with Gasteiger partial charge in [0.1, 0.15) is 0 Å². The maximum absolute atomic E-state index is 11.4. The Morgan fingerprint density at radius 3 is 2.63 bits per heavy atom. The van der Waals surface area contributed by atoms with E-state index in [-0.39, 0.29) is 5.97 Å². The van der Waals surface area contributed by atoms with Crippen molar-refractivity contribution in [3.63, 3.8) is 0 Å². The zero-order valence-corrected chi connectivity index (χ0v) is 12.5. The Bertz CT molecular complexity index is 228. The number of esters is 1. The molecule has 4 heteroatoms. The molecule has 1 heterocycles. The molecule has 0 atom stereocenters. The fraction of sp³-hybridized carbons (Fsp3) is 0.933. The van der Waals surface area contributed by atoms with Gasteiger partial charge in [0.05, 0.1) is 6.61 Å². The number of hydrogen-bond acceptors (Lipinski definition) is 4. The van der Waals surface area contributed by atoms with E-state index in [2.05, 4.69) is 17.1 Å². The summed E-state index contributed by atoms with van der Waals surface area (Å²) in [6, 6.07) is 0. The van der Waals surface area contributed by atoms with Gasteiger partial charge >= 0.3 is 5.97 Å². The first kappa shape index (κ1) is 16.4. The number of nitrogens with zero attached hydrogens (tertiary/aromatic N) is 1. The van der Waals surface area contributed by atoms with Crippen LogP contribution in [0.15, 0.2) is 0 Å². The molecule has 1 saturated heterocycles. The Morgan fingerprint density at radius 2 is 1.89 bits per heavy atom. The third-order valence-corrected chi connectivity index (χ3v) is 3.58. The molecule has 19 heavy (non-hydrogen) atoms. The molecule has 0 amide bonds. The SMILES string of the molecule is CCCCCOC(=O)CCCCCN1CCNCC1. The van der Waals surface area contributed by atoms with Gasteiger partial charge in [0.25, 0.3) is 0 Å². The molecule has 4 nitrogen and oxygen atoms in total. The van der Waals surface area contributed by atoms with Gasteiger partial charge in [-0.1, -0.05) is 26.2 Å². The third kappa shape index (κ3) is 9.00. The van der Waals surface area contributed by atoms with Crippen molar-refractivity contribution < 1.29 is 9.53 Å². The predicted octanol–water partition coefficient (Wildman–Crippen LogP) is 2.19. The second-order valence-electron chi connectivity index (χ2n) is 5.33. The van der Waals surface area contributed by atoms with Crippen LogP contribution in [0.25, 0.3) is 0 Å². The standard InChI is InChI=1S/C15H30N2O2/c1-2-3-7-14-19-15(18)8-5-4-6-11-17-12-9-16-10-13-17/h16H,2-14H2,1H3. The first-order valence-corrected chi connectivity index (χ1v) is 7.91. The molecule has 0 bridgehead atoms. The van der Waals surface area contributed by atoms with Gasteiger partial charge in [0.15, 0.2) is 0 Å². The summed E-state index contributed by atoms with van der Waals surface area (Å²) < 4.78 is 5.18. The molecular formula is C15H30N2O2. The maximum atomic E-state index is 11.4. The molecule has 1 rings (SSSR count). The van der Waals surface area contributed by atoms with Crippen LogP contribution in [0.3, 0.4) is 0 Å². The molecule has 0 radical (unpaired) electrons. The highest BCUT2D eigenvalue weighted by Crippen LogP contribution is 2.04. The Balaban J connectivity index is 1.85. The fourth-order valence-corrected chi connectivity index (χ4v) is 2.33. The first-order valence-electron chi connectivity index (χ1n) is 7.91. The predicted molar refractivity (Wildman–Crippen MR) is 78.3 cm³/mol. The molecule has 1 fully saturated rings. The molecule has 112 valence electrons. The summed E-state index contributed by atoms with van der Waals surface area (Å²) in [6.45, 7) is 8.49. The van der Waals surface area contributed by atoms with E-state index < -0.39 is 0 Å². The molecule has 0 aromatic carbocycles. The Morgan fingerprint density at radius 1 is 1.11 bits per heavy atom. The number of carbonyl (C=O) groups is 1.